The van der Waals surface area contributed by atoms with Crippen molar-refractivity contribution in [3.8, 4) is 0 Å². The molecule has 0 amide bonds. The van der Waals surface area contributed by atoms with E-state index in [-0.39, 0.29) is 23.0 Å². The number of ether oxygens (including phenoxy) is 10. The summed E-state index contributed by atoms with van der Waals surface area (Å²) in [5, 5.41) is 129. The Bertz CT molecular complexity index is 1860. The third-order valence-corrected chi connectivity index (χ3v) is 20.3. The van der Waals surface area contributed by atoms with E-state index in [0.717, 1.165) is 58.0 Å². The SMILES string of the molecule is CC1CCC2(OC1)OC1CC3C4CCC5CC(OC6OC(COC7OC(CO)C(O)C(O)C7O)C(OC7OC(COC8OC(C)C(O)C(O)C8O)C(O)C(O)C7O)C(O)C6O)CCC5(C)C4CCC3(C)C1C2C. The normalized spacial score (nSPS) is 58.2. The van der Waals surface area contributed by atoms with E-state index < -0.39 is 148 Å². The number of aliphatic hydroxyl groups excluding tert-OH is 12. The van der Waals surface area contributed by atoms with E-state index in [1.165, 1.54) is 6.92 Å². The highest BCUT2D eigenvalue weighted by atomic mass is 16.8. The first-order chi connectivity index (χ1) is 34.6. The van der Waals surface area contributed by atoms with Crippen LogP contribution in [0.1, 0.15) is 98.8 Å². The molecular formula is C51H84O22. The zero-order valence-corrected chi connectivity index (χ0v) is 42.6. The van der Waals surface area contributed by atoms with Crippen LogP contribution in [0.2, 0.25) is 0 Å². The zero-order valence-electron chi connectivity index (χ0n) is 42.6. The average molecular weight is 1050 g/mol. The summed E-state index contributed by atoms with van der Waals surface area (Å²) in [6, 6.07) is 0. The lowest BCUT2D eigenvalue weighted by Gasteiger charge is -2.61. The Balaban J connectivity index is 0.810. The minimum Gasteiger partial charge on any atom is -0.394 e. The maximum absolute atomic E-state index is 11.9. The Morgan fingerprint density at radius 1 is 0.521 bits per heavy atom. The van der Waals surface area contributed by atoms with Gasteiger partial charge in [-0.05, 0) is 111 Å². The second kappa shape index (κ2) is 21.3. The molecule has 420 valence electrons. The highest BCUT2D eigenvalue weighted by Crippen LogP contribution is 2.71. The van der Waals surface area contributed by atoms with Gasteiger partial charge in [-0.25, -0.2) is 0 Å². The maximum atomic E-state index is 11.9. The van der Waals surface area contributed by atoms with Crippen molar-refractivity contribution < 1.29 is 109 Å². The zero-order chi connectivity index (χ0) is 52.2. The fourth-order valence-corrected chi connectivity index (χ4v) is 15.9. The standard InChI is InChI=1S/C51H84O22/c1-20-8-13-51(66-17-20)21(2)32-28(73-51)15-27-25-7-6-23-14-24(9-11-49(23,4)26(25)10-12-50(27,32)5)68-47-43(63)39(59)44(31(71-47)19-65-46-41(61)37(57)34(54)29(16-52)69-46)72-48-42(62)38(58)35(55)30(70-48)18-64-45-40(60)36(56)33(53)22(3)67-45/h20-48,52-63H,6-19H2,1-5H3. The molecule has 0 aromatic carbocycles. The highest BCUT2D eigenvalue weighted by Gasteiger charge is 2.69. The molecule has 12 N–H and O–H groups in total. The molecule has 22 nitrogen and oxygen atoms in total. The van der Waals surface area contributed by atoms with Crippen molar-refractivity contribution in [3.05, 3.63) is 0 Å². The van der Waals surface area contributed by atoms with Crippen LogP contribution in [0, 0.1) is 52.3 Å². The maximum Gasteiger partial charge on any atom is 0.187 e. The van der Waals surface area contributed by atoms with Gasteiger partial charge in [-0.1, -0.05) is 27.7 Å². The van der Waals surface area contributed by atoms with Crippen LogP contribution in [-0.2, 0) is 47.4 Å². The summed E-state index contributed by atoms with van der Waals surface area (Å²) in [4.78, 5) is 0. The molecule has 0 aromatic rings. The predicted octanol–water partition coefficient (Wildman–Crippen LogP) is -1.88. The molecule has 6 saturated heterocycles. The van der Waals surface area contributed by atoms with E-state index in [2.05, 4.69) is 27.7 Å². The summed E-state index contributed by atoms with van der Waals surface area (Å²) < 4.78 is 61.0. The molecule has 6 aliphatic heterocycles. The van der Waals surface area contributed by atoms with Crippen LogP contribution >= 0.6 is 0 Å². The fourth-order valence-electron chi connectivity index (χ4n) is 15.9. The van der Waals surface area contributed by atoms with Crippen LogP contribution in [-0.4, -0.2) is 229 Å². The second-order valence-electron chi connectivity index (χ2n) is 24.4. The van der Waals surface area contributed by atoms with Crippen molar-refractivity contribution in [1.82, 2.24) is 0 Å². The van der Waals surface area contributed by atoms with E-state index in [4.69, 9.17) is 47.4 Å². The van der Waals surface area contributed by atoms with Crippen molar-refractivity contribution in [2.45, 2.75) is 240 Å². The van der Waals surface area contributed by atoms with Gasteiger partial charge in [0.05, 0.1) is 44.7 Å². The summed E-state index contributed by atoms with van der Waals surface area (Å²) in [7, 11) is 0. The first kappa shape index (κ1) is 55.4. The van der Waals surface area contributed by atoms with Gasteiger partial charge in [0.15, 0.2) is 30.9 Å². The van der Waals surface area contributed by atoms with E-state index in [1.54, 1.807) is 0 Å². The molecule has 0 bridgehead atoms. The summed E-state index contributed by atoms with van der Waals surface area (Å²) in [6.07, 6.45) is -22.7. The van der Waals surface area contributed by atoms with E-state index in [0.29, 0.717) is 54.3 Å². The smallest absolute Gasteiger partial charge is 0.187 e. The predicted molar refractivity (Wildman–Crippen MR) is 247 cm³/mol. The first-order valence-corrected chi connectivity index (χ1v) is 27.2. The van der Waals surface area contributed by atoms with Gasteiger partial charge in [0.25, 0.3) is 0 Å². The molecule has 1 spiro atoms. The molecule has 10 fully saturated rings. The van der Waals surface area contributed by atoms with Gasteiger partial charge in [0, 0.05) is 12.3 Å². The second-order valence-corrected chi connectivity index (χ2v) is 24.4. The number of fused-ring (bicyclic) bond motifs is 7. The molecular weight excluding hydrogens is 965 g/mol. The van der Waals surface area contributed by atoms with Gasteiger partial charge in [-0.3, -0.25) is 0 Å². The number of hydrogen-bond donors (Lipinski definition) is 12. The molecule has 73 heavy (non-hydrogen) atoms. The molecule has 32 unspecified atom stereocenters. The van der Waals surface area contributed by atoms with Crippen LogP contribution in [0.4, 0.5) is 0 Å². The Labute approximate surface area is 426 Å². The van der Waals surface area contributed by atoms with Crippen LogP contribution < -0.4 is 0 Å². The molecule has 0 aromatic heterocycles. The van der Waals surface area contributed by atoms with Crippen LogP contribution in [0.3, 0.4) is 0 Å². The van der Waals surface area contributed by atoms with Gasteiger partial charge < -0.3 is 109 Å². The van der Waals surface area contributed by atoms with Crippen molar-refractivity contribution >= 4 is 0 Å². The Morgan fingerprint density at radius 2 is 1.11 bits per heavy atom. The topological polar surface area (TPSA) is 335 Å². The van der Waals surface area contributed by atoms with E-state index in [9.17, 15) is 61.3 Å². The largest absolute Gasteiger partial charge is 0.394 e. The van der Waals surface area contributed by atoms with E-state index in [1.807, 2.05) is 0 Å². The van der Waals surface area contributed by atoms with Gasteiger partial charge in [0.1, 0.15) is 91.6 Å². The fraction of sp³-hybridized carbons (Fsp3) is 1.00. The number of rotatable bonds is 11. The summed E-state index contributed by atoms with van der Waals surface area (Å²) >= 11 is 0. The monoisotopic (exact) mass is 1050 g/mol. The van der Waals surface area contributed by atoms with Gasteiger partial charge in [-0.15, -0.1) is 0 Å². The van der Waals surface area contributed by atoms with Crippen molar-refractivity contribution in [3.63, 3.8) is 0 Å². The van der Waals surface area contributed by atoms with Gasteiger partial charge >= 0.3 is 0 Å². The summed E-state index contributed by atoms with van der Waals surface area (Å²) in [5.74, 6) is 2.95. The number of hydrogen-bond acceptors (Lipinski definition) is 22. The molecule has 22 heteroatoms. The highest BCUT2D eigenvalue weighted by molar-refractivity contribution is 5.15. The molecule has 0 radical (unpaired) electrons. The Hall–Kier alpha value is -0.880. The van der Waals surface area contributed by atoms with Crippen LogP contribution in [0.15, 0.2) is 0 Å². The molecule has 4 saturated carbocycles. The quantitative estimate of drug-likeness (QED) is 0.101. The lowest BCUT2D eigenvalue weighted by atomic mass is 9.44. The molecule has 6 heterocycles. The third-order valence-electron chi connectivity index (χ3n) is 20.3. The lowest BCUT2D eigenvalue weighted by Crippen LogP contribution is -2.66. The van der Waals surface area contributed by atoms with E-state index >= 15 is 0 Å². The van der Waals surface area contributed by atoms with Crippen LogP contribution in [0.25, 0.3) is 0 Å². The first-order valence-electron chi connectivity index (χ1n) is 27.2. The Kier molecular flexibility index (Phi) is 16.2. The summed E-state index contributed by atoms with van der Waals surface area (Å²) in [6.45, 7) is 9.91. The van der Waals surface area contributed by atoms with Crippen molar-refractivity contribution in [2.75, 3.05) is 26.4 Å². The lowest BCUT2D eigenvalue weighted by molar-refractivity contribution is -0.374. The minimum atomic E-state index is -1.95. The average Bonchev–Trinajstić information content (AvgIpc) is 3.82. The minimum absolute atomic E-state index is 0.0671. The number of aliphatic hydroxyl groups is 12. The van der Waals surface area contributed by atoms with Gasteiger partial charge in [0.2, 0.25) is 0 Å². The van der Waals surface area contributed by atoms with Crippen LogP contribution in [0.5, 0.6) is 0 Å². The van der Waals surface area contributed by atoms with Crippen molar-refractivity contribution in [2.24, 2.45) is 52.3 Å². The van der Waals surface area contributed by atoms with Gasteiger partial charge in [-0.2, -0.15) is 0 Å². The third kappa shape index (κ3) is 9.70. The van der Waals surface area contributed by atoms with Crippen molar-refractivity contribution in [1.29, 1.82) is 0 Å². The Morgan fingerprint density at radius 3 is 1.79 bits per heavy atom. The summed E-state index contributed by atoms with van der Waals surface area (Å²) in [5.41, 5.74) is 0.255. The molecule has 32 atom stereocenters. The molecule has 4 aliphatic carbocycles. The molecule has 10 aliphatic rings. The molecule has 10 rings (SSSR count).